The molecule has 2 rings (SSSR count). The van der Waals surface area contributed by atoms with E-state index in [1.54, 1.807) is 23.9 Å². The van der Waals surface area contributed by atoms with E-state index in [1.807, 2.05) is 0 Å². The Morgan fingerprint density at radius 3 is 2.86 bits per heavy atom. The second kappa shape index (κ2) is 3.13. The van der Waals surface area contributed by atoms with Gasteiger partial charge in [-0.05, 0) is 0 Å². The van der Waals surface area contributed by atoms with Crippen molar-refractivity contribution in [2.75, 3.05) is 19.8 Å². The lowest BCUT2D eigenvalue weighted by Gasteiger charge is -2.20. The van der Waals surface area contributed by atoms with Gasteiger partial charge in [0.2, 0.25) is 0 Å². The van der Waals surface area contributed by atoms with Crippen molar-refractivity contribution < 1.29 is 4.79 Å². The van der Waals surface area contributed by atoms with E-state index in [9.17, 15) is 4.79 Å². The first-order chi connectivity index (χ1) is 6.58. The first-order valence-corrected chi connectivity index (χ1v) is 5.10. The molecular weight excluding hydrogens is 200 g/mol. The number of hydrogen-bond acceptors (Lipinski definition) is 4. The Labute approximate surface area is 86.1 Å². The molecule has 0 unspecified atom stereocenters. The standard InChI is InChI=1S/C8H12N4OS/c1-11(2)8(13)12-3-5-6(4-12)14-7(9)10-5/h3-4H2,1-2H3,(H2,9,10). The highest BCUT2D eigenvalue weighted by atomic mass is 32.1. The van der Waals surface area contributed by atoms with Gasteiger partial charge >= 0.3 is 6.03 Å². The first kappa shape index (κ1) is 9.26. The number of carbonyl (C=O) groups is 1. The molecule has 0 aromatic carbocycles. The van der Waals surface area contributed by atoms with Crippen molar-refractivity contribution in [3.05, 3.63) is 10.6 Å². The Kier molecular flexibility index (Phi) is 2.07. The zero-order valence-electron chi connectivity index (χ0n) is 8.15. The van der Waals surface area contributed by atoms with Crippen LogP contribution in [0.4, 0.5) is 9.93 Å². The fourth-order valence-electron chi connectivity index (χ4n) is 1.48. The largest absolute Gasteiger partial charge is 0.375 e. The number of amides is 2. The molecule has 0 saturated heterocycles. The molecule has 6 heteroatoms. The molecule has 1 aromatic heterocycles. The molecule has 0 radical (unpaired) electrons. The highest BCUT2D eigenvalue weighted by molar-refractivity contribution is 7.15. The van der Waals surface area contributed by atoms with Gasteiger partial charge in [-0.2, -0.15) is 0 Å². The minimum atomic E-state index is 0.0220. The number of thiazole rings is 1. The summed E-state index contributed by atoms with van der Waals surface area (Å²) in [5, 5.41) is 0.590. The van der Waals surface area contributed by atoms with E-state index in [0.717, 1.165) is 10.6 Å². The maximum atomic E-state index is 11.6. The van der Waals surface area contributed by atoms with Gasteiger partial charge < -0.3 is 15.5 Å². The summed E-state index contributed by atoms with van der Waals surface area (Å²) in [7, 11) is 3.49. The summed E-state index contributed by atoms with van der Waals surface area (Å²) in [6.07, 6.45) is 0. The van der Waals surface area contributed by atoms with Gasteiger partial charge in [0.25, 0.3) is 0 Å². The minimum absolute atomic E-state index is 0.0220. The number of nitrogens with zero attached hydrogens (tertiary/aromatic N) is 3. The number of nitrogens with two attached hydrogens (primary N) is 1. The lowest BCUT2D eigenvalue weighted by atomic mass is 10.4. The fourth-order valence-corrected chi connectivity index (χ4v) is 2.34. The Morgan fingerprint density at radius 1 is 1.57 bits per heavy atom. The Hall–Kier alpha value is -1.30. The van der Waals surface area contributed by atoms with E-state index in [2.05, 4.69) is 4.98 Å². The second-order valence-corrected chi connectivity index (χ2v) is 4.57. The SMILES string of the molecule is CN(C)C(=O)N1Cc2nc(N)sc2C1. The number of urea groups is 1. The van der Waals surface area contributed by atoms with Gasteiger partial charge in [-0.15, -0.1) is 11.3 Å². The maximum absolute atomic E-state index is 11.6. The van der Waals surface area contributed by atoms with Crippen LogP contribution in [0.15, 0.2) is 0 Å². The molecule has 1 aliphatic rings. The summed E-state index contributed by atoms with van der Waals surface area (Å²) >= 11 is 1.46. The topological polar surface area (TPSA) is 62.5 Å². The fraction of sp³-hybridized carbons (Fsp3) is 0.500. The number of nitrogen functional groups attached to an aromatic ring is 1. The van der Waals surface area contributed by atoms with Crippen LogP contribution >= 0.6 is 11.3 Å². The van der Waals surface area contributed by atoms with E-state index >= 15 is 0 Å². The van der Waals surface area contributed by atoms with Crippen LogP contribution in [0.3, 0.4) is 0 Å². The van der Waals surface area contributed by atoms with Gasteiger partial charge in [-0.25, -0.2) is 9.78 Å². The Balaban J connectivity index is 2.12. The third kappa shape index (κ3) is 1.41. The number of hydrogen-bond donors (Lipinski definition) is 1. The van der Waals surface area contributed by atoms with Crippen molar-refractivity contribution in [2.24, 2.45) is 0 Å². The van der Waals surface area contributed by atoms with Gasteiger partial charge in [0.05, 0.1) is 23.7 Å². The predicted molar refractivity (Wildman–Crippen MR) is 54.9 cm³/mol. The van der Waals surface area contributed by atoms with Gasteiger partial charge in [0.1, 0.15) is 0 Å². The van der Waals surface area contributed by atoms with Crippen LogP contribution < -0.4 is 5.73 Å². The minimum Gasteiger partial charge on any atom is -0.375 e. The summed E-state index contributed by atoms with van der Waals surface area (Å²) in [4.78, 5) is 20.2. The van der Waals surface area contributed by atoms with E-state index in [-0.39, 0.29) is 6.03 Å². The smallest absolute Gasteiger partial charge is 0.320 e. The molecule has 2 heterocycles. The Morgan fingerprint density at radius 2 is 2.29 bits per heavy atom. The lowest BCUT2D eigenvalue weighted by Crippen LogP contribution is -2.35. The average Bonchev–Trinajstić information content (AvgIpc) is 2.59. The van der Waals surface area contributed by atoms with Crippen molar-refractivity contribution in [3.63, 3.8) is 0 Å². The number of anilines is 1. The highest BCUT2D eigenvalue weighted by Crippen LogP contribution is 2.29. The molecule has 5 nitrogen and oxygen atoms in total. The molecule has 0 fully saturated rings. The van der Waals surface area contributed by atoms with Crippen molar-refractivity contribution in [1.29, 1.82) is 0 Å². The third-order valence-electron chi connectivity index (χ3n) is 2.12. The molecule has 14 heavy (non-hydrogen) atoms. The van der Waals surface area contributed by atoms with E-state index < -0.39 is 0 Å². The quantitative estimate of drug-likeness (QED) is 0.689. The molecule has 2 amide bonds. The van der Waals surface area contributed by atoms with Crippen molar-refractivity contribution in [3.8, 4) is 0 Å². The summed E-state index contributed by atoms with van der Waals surface area (Å²) < 4.78 is 0. The highest BCUT2D eigenvalue weighted by Gasteiger charge is 2.27. The molecule has 0 saturated carbocycles. The molecule has 1 aliphatic heterocycles. The molecule has 0 atom stereocenters. The van der Waals surface area contributed by atoms with Crippen LogP contribution in [0.5, 0.6) is 0 Å². The van der Waals surface area contributed by atoms with E-state index in [4.69, 9.17) is 5.73 Å². The molecule has 76 valence electrons. The molecular formula is C8H12N4OS. The van der Waals surface area contributed by atoms with Gasteiger partial charge in [-0.3, -0.25) is 0 Å². The van der Waals surface area contributed by atoms with Crippen LogP contribution in [0.25, 0.3) is 0 Å². The zero-order valence-corrected chi connectivity index (χ0v) is 8.97. The number of fused-ring (bicyclic) bond motifs is 1. The van der Waals surface area contributed by atoms with Crippen LogP contribution in [0, 0.1) is 0 Å². The van der Waals surface area contributed by atoms with Crippen molar-refractivity contribution in [1.82, 2.24) is 14.8 Å². The van der Waals surface area contributed by atoms with E-state index in [1.165, 1.54) is 11.3 Å². The first-order valence-electron chi connectivity index (χ1n) is 4.28. The summed E-state index contributed by atoms with van der Waals surface area (Å²) in [5.41, 5.74) is 6.51. The summed E-state index contributed by atoms with van der Waals surface area (Å²) in [5.74, 6) is 0. The molecule has 0 aliphatic carbocycles. The van der Waals surface area contributed by atoms with Crippen molar-refractivity contribution >= 4 is 22.5 Å². The van der Waals surface area contributed by atoms with Gasteiger partial charge in [0.15, 0.2) is 5.13 Å². The van der Waals surface area contributed by atoms with Crippen LogP contribution in [0.1, 0.15) is 10.6 Å². The number of aromatic nitrogens is 1. The molecule has 0 bridgehead atoms. The number of carbonyl (C=O) groups excluding carboxylic acids is 1. The van der Waals surface area contributed by atoms with Gasteiger partial charge in [-0.1, -0.05) is 0 Å². The summed E-state index contributed by atoms with van der Waals surface area (Å²) in [6, 6.07) is 0.0220. The molecule has 1 aromatic rings. The Bertz CT molecular complexity index is 350. The van der Waals surface area contributed by atoms with Crippen LogP contribution in [-0.4, -0.2) is 34.9 Å². The molecule has 2 N–H and O–H groups in total. The lowest BCUT2D eigenvalue weighted by molar-refractivity contribution is 0.171. The molecule has 0 spiro atoms. The normalized spacial score (nSPS) is 14.3. The zero-order chi connectivity index (χ0) is 10.3. The van der Waals surface area contributed by atoms with Gasteiger partial charge in [0, 0.05) is 14.1 Å². The van der Waals surface area contributed by atoms with E-state index in [0.29, 0.717) is 18.2 Å². The second-order valence-electron chi connectivity index (χ2n) is 3.46. The number of rotatable bonds is 0. The average molecular weight is 212 g/mol. The van der Waals surface area contributed by atoms with Crippen LogP contribution in [-0.2, 0) is 13.1 Å². The van der Waals surface area contributed by atoms with Crippen LogP contribution in [0.2, 0.25) is 0 Å². The van der Waals surface area contributed by atoms with Crippen molar-refractivity contribution in [2.45, 2.75) is 13.1 Å². The third-order valence-corrected chi connectivity index (χ3v) is 3.03. The maximum Gasteiger partial charge on any atom is 0.320 e. The summed E-state index contributed by atoms with van der Waals surface area (Å²) in [6.45, 7) is 1.22. The monoisotopic (exact) mass is 212 g/mol. The predicted octanol–water partition coefficient (Wildman–Crippen LogP) is 0.723.